The van der Waals surface area contributed by atoms with Crippen molar-refractivity contribution in [3.8, 4) is 0 Å². The highest BCUT2D eigenvalue weighted by Crippen LogP contribution is 2.36. The summed E-state index contributed by atoms with van der Waals surface area (Å²) in [5, 5.41) is 7.22. The predicted molar refractivity (Wildman–Crippen MR) is 128 cm³/mol. The number of nitrogens with one attached hydrogen (secondary N) is 2. The van der Waals surface area contributed by atoms with Crippen molar-refractivity contribution in [1.82, 2.24) is 0 Å². The van der Waals surface area contributed by atoms with Crippen LogP contribution < -0.4 is 10.6 Å². The first-order valence-electron chi connectivity index (χ1n) is 10.8. The summed E-state index contributed by atoms with van der Waals surface area (Å²) in [6.07, 6.45) is 1.86. The summed E-state index contributed by atoms with van der Waals surface area (Å²) in [6.45, 7) is 15.5. The van der Waals surface area contributed by atoms with Gasteiger partial charge in [-0.05, 0) is 57.2 Å². The summed E-state index contributed by atoms with van der Waals surface area (Å²) >= 11 is 0. The molecule has 0 saturated heterocycles. The molecule has 1 aliphatic heterocycles. The van der Waals surface area contributed by atoms with Crippen LogP contribution in [0.5, 0.6) is 0 Å². The molecule has 4 heteroatoms. The lowest BCUT2D eigenvalue weighted by atomic mass is 9.81. The number of rotatable bonds is 5. The summed E-state index contributed by atoms with van der Waals surface area (Å²) in [6, 6.07) is 15.2. The fraction of sp³-hybridized carbons (Fsp3) is 0.462. The summed E-state index contributed by atoms with van der Waals surface area (Å²) in [4.78, 5) is 18.0. The number of hydrogen-bond acceptors (Lipinski definition) is 3. The maximum Gasteiger partial charge on any atom is 0.193 e. The van der Waals surface area contributed by atoms with Crippen LogP contribution in [0.25, 0.3) is 0 Å². The molecule has 0 bridgehead atoms. The van der Waals surface area contributed by atoms with E-state index >= 15 is 0 Å². The number of carbonyl (C=O) groups excluding carboxylic acids is 1. The SMILES string of the molecule is CCC1(C)Nc2cc(C(=O)c3ccccc3)ccc2NC1=NC(C)(C)CC(C)(C)C. The molecule has 1 heterocycles. The Morgan fingerprint density at radius 2 is 1.63 bits per heavy atom. The van der Waals surface area contributed by atoms with E-state index in [4.69, 9.17) is 4.99 Å². The van der Waals surface area contributed by atoms with Crippen LogP contribution in [-0.4, -0.2) is 22.7 Å². The number of nitrogens with zero attached hydrogens (tertiary/aromatic N) is 1. The van der Waals surface area contributed by atoms with Crippen LogP contribution >= 0.6 is 0 Å². The fourth-order valence-corrected chi connectivity index (χ4v) is 4.32. The third-order valence-electron chi connectivity index (χ3n) is 5.59. The lowest BCUT2D eigenvalue weighted by molar-refractivity contribution is 0.103. The molecule has 2 aromatic rings. The molecule has 2 aromatic carbocycles. The minimum Gasteiger partial charge on any atom is -0.371 e. The van der Waals surface area contributed by atoms with Crippen molar-refractivity contribution < 1.29 is 4.79 Å². The monoisotopic (exact) mass is 405 g/mol. The molecule has 3 rings (SSSR count). The van der Waals surface area contributed by atoms with E-state index in [1.54, 1.807) is 0 Å². The van der Waals surface area contributed by atoms with Crippen LogP contribution in [0.15, 0.2) is 53.5 Å². The Hall–Kier alpha value is -2.62. The average Bonchev–Trinajstić information content (AvgIpc) is 2.66. The highest BCUT2D eigenvalue weighted by molar-refractivity contribution is 6.13. The van der Waals surface area contributed by atoms with Crippen LogP contribution in [-0.2, 0) is 0 Å². The van der Waals surface area contributed by atoms with Crippen LogP contribution in [0.3, 0.4) is 0 Å². The first-order valence-corrected chi connectivity index (χ1v) is 10.8. The van der Waals surface area contributed by atoms with E-state index in [-0.39, 0.29) is 22.3 Å². The van der Waals surface area contributed by atoms with Gasteiger partial charge < -0.3 is 10.6 Å². The molecule has 0 spiro atoms. The number of carbonyl (C=O) groups is 1. The van der Waals surface area contributed by atoms with Gasteiger partial charge in [0.05, 0.1) is 22.5 Å². The van der Waals surface area contributed by atoms with E-state index < -0.39 is 0 Å². The van der Waals surface area contributed by atoms with Gasteiger partial charge in [-0.15, -0.1) is 0 Å². The van der Waals surface area contributed by atoms with Gasteiger partial charge in [0.15, 0.2) is 5.78 Å². The quantitative estimate of drug-likeness (QED) is 0.556. The van der Waals surface area contributed by atoms with E-state index in [1.807, 2.05) is 48.5 Å². The van der Waals surface area contributed by atoms with Gasteiger partial charge in [-0.3, -0.25) is 9.79 Å². The smallest absolute Gasteiger partial charge is 0.193 e. The van der Waals surface area contributed by atoms with Gasteiger partial charge >= 0.3 is 0 Å². The van der Waals surface area contributed by atoms with Crippen molar-refractivity contribution in [2.24, 2.45) is 10.4 Å². The Kier molecular flexibility index (Phi) is 5.81. The molecule has 1 atom stereocenters. The number of hydrogen-bond donors (Lipinski definition) is 2. The molecule has 0 amide bonds. The van der Waals surface area contributed by atoms with Gasteiger partial charge in [0.2, 0.25) is 0 Å². The zero-order valence-corrected chi connectivity index (χ0v) is 19.4. The first kappa shape index (κ1) is 22.1. The summed E-state index contributed by atoms with van der Waals surface area (Å²) in [7, 11) is 0. The topological polar surface area (TPSA) is 53.5 Å². The summed E-state index contributed by atoms with van der Waals surface area (Å²) in [5.74, 6) is 0.984. The Morgan fingerprint density at radius 1 is 0.967 bits per heavy atom. The van der Waals surface area contributed by atoms with Crippen molar-refractivity contribution in [3.05, 3.63) is 59.7 Å². The third-order valence-corrected chi connectivity index (χ3v) is 5.59. The van der Waals surface area contributed by atoms with E-state index in [1.165, 1.54) is 0 Å². The number of aliphatic imine (C=N–C) groups is 1. The molecule has 0 radical (unpaired) electrons. The average molecular weight is 406 g/mol. The summed E-state index contributed by atoms with van der Waals surface area (Å²) < 4.78 is 0. The molecule has 2 N–H and O–H groups in total. The molecule has 4 nitrogen and oxygen atoms in total. The van der Waals surface area contributed by atoms with E-state index in [0.717, 1.165) is 30.1 Å². The molecule has 0 saturated carbocycles. The number of ketones is 1. The van der Waals surface area contributed by atoms with Crippen molar-refractivity contribution in [1.29, 1.82) is 0 Å². The zero-order chi connectivity index (χ0) is 22.2. The maximum atomic E-state index is 12.9. The second-order valence-electron chi connectivity index (χ2n) is 10.4. The van der Waals surface area contributed by atoms with Gasteiger partial charge in [0.1, 0.15) is 5.84 Å². The lowest BCUT2D eigenvalue weighted by Crippen LogP contribution is -2.51. The molecule has 30 heavy (non-hydrogen) atoms. The van der Waals surface area contributed by atoms with Gasteiger partial charge in [0.25, 0.3) is 0 Å². The summed E-state index contributed by atoms with van der Waals surface area (Å²) in [5.41, 5.74) is 2.97. The minimum absolute atomic E-state index is 0.0316. The van der Waals surface area contributed by atoms with Gasteiger partial charge in [-0.2, -0.15) is 0 Å². The van der Waals surface area contributed by atoms with Crippen molar-refractivity contribution in [3.63, 3.8) is 0 Å². The Morgan fingerprint density at radius 3 is 2.23 bits per heavy atom. The highest BCUT2D eigenvalue weighted by Gasteiger charge is 2.36. The van der Waals surface area contributed by atoms with Crippen LogP contribution in [0.2, 0.25) is 0 Å². The van der Waals surface area contributed by atoms with Crippen molar-refractivity contribution in [2.45, 2.75) is 72.4 Å². The lowest BCUT2D eigenvalue weighted by Gasteiger charge is -2.40. The zero-order valence-electron chi connectivity index (χ0n) is 19.4. The Bertz CT molecular complexity index is 954. The standard InChI is InChI=1S/C26H35N3O/c1-8-26(7)23(29-25(5,6)17-24(2,3)4)27-20-15-14-19(16-21(20)28-26)22(30)18-12-10-9-11-13-18/h9-16,28H,8,17H2,1-7H3,(H,27,29). The van der Waals surface area contributed by atoms with E-state index in [2.05, 4.69) is 59.1 Å². The van der Waals surface area contributed by atoms with E-state index in [0.29, 0.717) is 11.1 Å². The largest absolute Gasteiger partial charge is 0.371 e. The molecular weight excluding hydrogens is 370 g/mol. The molecule has 1 unspecified atom stereocenters. The van der Waals surface area contributed by atoms with Crippen LogP contribution in [0.4, 0.5) is 11.4 Å². The second-order valence-corrected chi connectivity index (χ2v) is 10.4. The van der Waals surface area contributed by atoms with Gasteiger partial charge in [-0.25, -0.2) is 0 Å². The number of fused-ring (bicyclic) bond motifs is 1. The fourth-order valence-electron chi connectivity index (χ4n) is 4.32. The van der Waals surface area contributed by atoms with Crippen molar-refractivity contribution >= 4 is 23.0 Å². The maximum absolute atomic E-state index is 12.9. The third kappa shape index (κ3) is 4.92. The Balaban J connectivity index is 1.94. The van der Waals surface area contributed by atoms with Crippen LogP contribution in [0.1, 0.15) is 77.2 Å². The number of anilines is 2. The minimum atomic E-state index is -0.323. The second kappa shape index (κ2) is 7.90. The van der Waals surface area contributed by atoms with Crippen LogP contribution in [0, 0.1) is 5.41 Å². The first-order chi connectivity index (χ1) is 13.9. The van der Waals surface area contributed by atoms with E-state index in [9.17, 15) is 4.79 Å². The normalized spacial score (nSPS) is 20.3. The van der Waals surface area contributed by atoms with Gasteiger partial charge in [0, 0.05) is 11.1 Å². The molecule has 0 fully saturated rings. The predicted octanol–water partition coefficient (Wildman–Crippen LogP) is 6.54. The van der Waals surface area contributed by atoms with Crippen molar-refractivity contribution in [2.75, 3.05) is 10.6 Å². The number of benzene rings is 2. The molecule has 0 aromatic heterocycles. The molecule has 1 aliphatic rings. The molecule has 160 valence electrons. The van der Waals surface area contributed by atoms with Gasteiger partial charge in [-0.1, -0.05) is 58.0 Å². The Labute approximate surface area is 181 Å². The molecule has 0 aliphatic carbocycles. The number of amidine groups is 1. The molecular formula is C26H35N3O. The highest BCUT2D eigenvalue weighted by atomic mass is 16.1.